The van der Waals surface area contributed by atoms with Crippen LogP contribution in [0.25, 0.3) is 0 Å². The standard InChI is InChI=1S/C42H49NO12/c1-15(2)10-23-27-18(5)17(4)12-21-11-16(3)8-9-24(44)29-25-26(31(47)38(21,27)36(50)43-23)33-39-20(7)28(45)32(48)42(52,55-29)41(39,34(25)54-33)40(51)30(46)19(6)22-13-53-14-37(22,39)35(40)49/h11-12,15,18,21,23-27,29,33-34,44-45,51-52H,8-10,13-14H2,1-7H3,(H,43,50)/t18-,21+,23+,24-,25-,26-,27+,29-,33+,34-,37+,38+,39-,40+,41+,42-/m1/s1. The summed E-state index contributed by atoms with van der Waals surface area (Å²) in [6, 6.07) is -0.370. The quantitative estimate of drug-likeness (QED) is 0.202. The minimum Gasteiger partial charge on any atom is -0.504 e. The number of carbonyl (C=O) groups excluding carboxylic acids is 5. The molecule has 1 amide bonds. The van der Waals surface area contributed by atoms with Crippen molar-refractivity contribution >= 4 is 29.0 Å². The van der Waals surface area contributed by atoms with Crippen LogP contribution in [0.3, 0.4) is 0 Å². The van der Waals surface area contributed by atoms with Gasteiger partial charge in [0, 0.05) is 23.8 Å². The number of hydrogen-bond acceptors (Lipinski definition) is 12. The van der Waals surface area contributed by atoms with Gasteiger partial charge in [0.05, 0.1) is 54.4 Å². The number of rotatable bonds is 2. The Morgan fingerprint density at radius 3 is 2.40 bits per heavy atom. The van der Waals surface area contributed by atoms with Gasteiger partial charge in [0.2, 0.25) is 17.3 Å². The van der Waals surface area contributed by atoms with Gasteiger partial charge in [-0.1, -0.05) is 44.1 Å². The van der Waals surface area contributed by atoms with Crippen LogP contribution in [0, 0.1) is 57.2 Å². The number of aliphatic hydroxyl groups is 4. The molecule has 13 nitrogen and oxygen atoms in total. The monoisotopic (exact) mass is 759 g/mol. The van der Waals surface area contributed by atoms with Crippen LogP contribution in [0.4, 0.5) is 0 Å². The molecule has 0 aromatic rings. The maximum atomic E-state index is 16.5. The molecule has 0 unspecified atom stereocenters. The molecule has 5 saturated heterocycles. The average molecular weight is 760 g/mol. The van der Waals surface area contributed by atoms with E-state index in [1.165, 1.54) is 13.8 Å². The van der Waals surface area contributed by atoms with Gasteiger partial charge in [-0.2, -0.15) is 0 Å². The number of amides is 1. The SMILES string of the molecule is CC1=C[C@H]2C=C(C)[C@@H](C)[C@H]3[C@H](CC(C)C)NC(=O)[C@@]23C(=O)[C@H]2[C@@H]3[C@H](O[C@]4(O)C(=O)C(O)=C(C)[C@]56[C@H]2O[C@H]3[C@@]54[C@]2(O)C(=O)C(C)=C3COC[C@@]36C2=O)[C@H](O)CC1. The van der Waals surface area contributed by atoms with Gasteiger partial charge in [0.15, 0.2) is 23.1 Å². The van der Waals surface area contributed by atoms with E-state index >= 15 is 14.4 Å². The number of carbonyl (C=O) groups is 5. The Balaban J connectivity index is 1.33. The van der Waals surface area contributed by atoms with Gasteiger partial charge in [0.1, 0.15) is 10.8 Å². The Morgan fingerprint density at radius 1 is 1.00 bits per heavy atom. The Bertz CT molecular complexity index is 2100. The van der Waals surface area contributed by atoms with E-state index in [1.807, 2.05) is 32.9 Å². The molecule has 0 aromatic carbocycles. The van der Waals surface area contributed by atoms with Crippen LogP contribution < -0.4 is 5.32 Å². The molecule has 5 aliphatic heterocycles. The van der Waals surface area contributed by atoms with Crippen molar-refractivity contribution in [1.29, 1.82) is 0 Å². The van der Waals surface area contributed by atoms with E-state index in [-0.39, 0.29) is 47.6 Å². The predicted molar refractivity (Wildman–Crippen MR) is 189 cm³/mol. The smallest absolute Gasteiger partial charge is 0.256 e. The van der Waals surface area contributed by atoms with E-state index in [9.17, 15) is 30.0 Å². The number of ketones is 4. The number of ether oxygens (including phenoxy) is 3. The van der Waals surface area contributed by atoms with E-state index < -0.39 is 123 Å². The molecule has 3 spiro atoms. The lowest BCUT2D eigenvalue weighted by Gasteiger charge is -2.67. The normalized spacial score (nSPS) is 53.2. The predicted octanol–water partition coefficient (Wildman–Crippen LogP) is 1.73. The van der Waals surface area contributed by atoms with Crippen molar-refractivity contribution in [3.63, 3.8) is 0 Å². The van der Waals surface area contributed by atoms with Crippen LogP contribution >= 0.6 is 0 Å². The van der Waals surface area contributed by atoms with E-state index in [1.54, 1.807) is 0 Å². The van der Waals surface area contributed by atoms with Crippen molar-refractivity contribution in [2.75, 3.05) is 13.2 Å². The first-order valence-corrected chi connectivity index (χ1v) is 19.8. The van der Waals surface area contributed by atoms with Crippen molar-refractivity contribution in [1.82, 2.24) is 5.32 Å². The second-order valence-electron chi connectivity index (χ2n) is 18.9. The summed E-state index contributed by atoms with van der Waals surface area (Å²) in [5.41, 5.74) is -9.56. The molecule has 0 radical (unpaired) electrons. The molecule has 6 fully saturated rings. The summed E-state index contributed by atoms with van der Waals surface area (Å²) in [4.78, 5) is 76.2. The second kappa shape index (κ2) is 10.4. The highest BCUT2D eigenvalue weighted by atomic mass is 16.7. The van der Waals surface area contributed by atoms with Crippen molar-refractivity contribution in [3.8, 4) is 0 Å². The number of allylic oxidation sites excluding steroid dienone is 4. The largest absolute Gasteiger partial charge is 0.504 e. The van der Waals surface area contributed by atoms with Crippen LogP contribution in [-0.2, 0) is 38.2 Å². The van der Waals surface area contributed by atoms with Crippen LogP contribution in [0.15, 0.2) is 45.8 Å². The molecule has 5 heterocycles. The van der Waals surface area contributed by atoms with E-state index in [4.69, 9.17) is 14.2 Å². The molecule has 55 heavy (non-hydrogen) atoms. The number of Topliss-reactive ketones (excluding diaryl/α,β-unsaturated/α-hetero) is 4. The molecule has 0 aromatic heterocycles. The molecule has 16 atom stereocenters. The van der Waals surface area contributed by atoms with Crippen LogP contribution in [0.5, 0.6) is 0 Å². The molecule has 5 aliphatic carbocycles. The molecular formula is C42H49NO12. The Labute approximate surface area is 318 Å². The average Bonchev–Trinajstić information content (AvgIpc) is 3.91. The fraction of sp³-hybridized carbons (Fsp3) is 0.690. The van der Waals surface area contributed by atoms with Crippen molar-refractivity contribution in [2.24, 2.45) is 57.2 Å². The van der Waals surface area contributed by atoms with Crippen molar-refractivity contribution in [2.45, 2.75) is 110 Å². The van der Waals surface area contributed by atoms with Gasteiger partial charge in [-0.3, -0.25) is 24.0 Å². The maximum absolute atomic E-state index is 16.5. The van der Waals surface area contributed by atoms with Gasteiger partial charge in [-0.05, 0) is 75.5 Å². The molecule has 13 heteroatoms. The third-order valence-electron chi connectivity index (χ3n) is 16.7. The minimum atomic E-state index is -3.27. The van der Waals surface area contributed by atoms with Crippen LogP contribution in [0.2, 0.25) is 0 Å². The minimum absolute atomic E-state index is 0.0230. The fourth-order valence-electron chi connectivity index (χ4n) is 14.9. The number of aliphatic hydroxyl groups excluding tert-OH is 2. The van der Waals surface area contributed by atoms with Crippen molar-refractivity contribution in [3.05, 3.63) is 45.8 Å². The third kappa shape index (κ3) is 3.20. The lowest BCUT2D eigenvalue weighted by atomic mass is 9.36. The molecule has 294 valence electrons. The first-order chi connectivity index (χ1) is 25.8. The lowest BCUT2D eigenvalue weighted by Crippen LogP contribution is -2.84. The molecular weight excluding hydrogens is 710 g/mol. The summed E-state index contributed by atoms with van der Waals surface area (Å²) in [6.45, 7) is 12.3. The zero-order valence-electron chi connectivity index (χ0n) is 32.1. The van der Waals surface area contributed by atoms with Gasteiger partial charge in [-0.25, -0.2) is 0 Å². The molecule has 1 saturated carbocycles. The summed E-state index contributed by atoms with van der Waals surface area (Å²) in [5, 5.41) is 53.4. The molecule has 10 rings (SSSR count). The fourth-order valence-corrected chi connectivity index (χ4v) is 14.9. The summed E-state index contributed by atoms with van der Waals surface area (Å²) in [7, 11) is 0. The summed E-state index contributed by atoms with van der Waals surface area (Å²) in [5.74, 6) is -12.4. The van der Waals surface area contributed by atoms with E-state index in [2.05, 4.69) is 19.2 Å². The zero-order chi connectivity index (χ0) is 39.5. The lowest BCUT2D eigenvalue weighted by molar-refractivity contribution is -0.379. The zero-order valence-corrected chi connectivity index (χ0v) is 32.1. The molecule has 4 bridgehead atoms. The van der Waals surface area contributed by atoms with Crippen LogP contribution in [-0.4, -0.2) is 105 Å². The van der Waals surface area contributed by atoms with Crippen LogP contribution in [0.1, 0.15) is 67.7 Å². The maximum Gasteiger partial charge on any atom is 0.256 e. The number of fused-ring (bicyclic) bond motifs is 3. The highest BCUT2D eigenvalue weighted by molar-refractivity contribution is 6.28. The van der Waals surface area contributed by atoms with Gasteiger partial charge < -0.3 is 40.0 Å². The summed E-state index contributed by atoms with van der Waals surface area (Å²) < 4.78 is 19.5. The summed E-state index contributed by atoms with van der Waals surface area (Å²) in [6.07, 6.45) is -1.11. The first-order valence-electron chi connectivity index (χ1n) is 19.8. The summed E-state index contributed by atoms with van der Waals surface area (Å²) >= 11 is 0. The topological polar surface area (TPSA) is 206 Å². The number of nitrogens with one attached hydrogen (secondary N) is 1. The van der Waals surface area contributed by atoms with Crippen molar-refractivity contribution < 1.29 is 58.6 Å². The Morgan fingerprint density at radius 2 is 1.71 bits per heavy atom. The van der Waals surface area contributed by atoms with Gasteiger partial charge in [0.25, 0.3) is 5.78 Å². The Hall–Kier alpha value is -3.33. The molecule has 10 aliphatic rings. The second-order valence-corrected chi connectivity index (χ2v) is 18.9. The highest BCUT2D eigenvalue weighted by Crippen LogP contribution is 2.89. The van der Waals surface area contributed by atoms with Gasteiger partial charge in [-0.15, -0.1) is 0 Å². The van der Waals surface area contributed by atoms with E-state index in [0.717, 1.165) is 11.1 Å². The third-order valence-corrected chi connectivity index (χ3v) is 16.7. The number of hydrogen-bond donors (Lipinski definition) is 5. The first kappa shape index (κ1) is 36.0. The Kier molecular flexibility index (Phi) is 6.81. The highest BCUT2D eigenvalue weighted by Gasteiger charge is 3.04. The van der Waals surface area contributed by atoms with E-state index in [0.29, 0.717) is 12.8 Å². The van der Waals surface area contributed by atoms with Gasteiger partial charge >= 0.3 is 0 Å². The molecule has 5 N–H and O–H groups in total.